The minimum atomic E-state index is -1.54. The van der Waals surface area contributed by atoms with Gasteiger partial charge in [-0.3, -0.25) is 14.4 Å². The third kappa shape index (κ3) is 8.07. The van der Waals surface area contributed by atoms with Gasteiger partial charge in [-0.05, 0) is 50.5 Å². The van der Waals surface area contributed by atoms with Crippen molar-refractivity contribution in [1.82, 2.24) is 10.6 Å². The summed E-state index contributed by atoms with van der Waals surface area (Å²) in [4.78, 5) is 49.4. The molecule has 2 amide bonds. The summed E-state index contributed by atoms with van der Waals surface area (Å²) < 4.78 is 10.4. The summed E-state index contributed by atoms with van der Waals surface area (Å²) in [6.45, 7) is 3.03. The zero-order chi connectivity index (χ0) is 24.1. The summed E-state index contributed by atoms with van der Waals surface area (Å²) in [6, 6.07) is 17.3. The van der Waals surface area contributed by atoms with Crippen LogP contribution in [0.2, 0.25) is 0 Å². The molecule has 0 saturated heterocycles. The topological polar surface area (TPSA) is 111 Å². The first kappa shape index (κ1) is 25.6. The average Bonchev–Trinajstić information content (AvgIpc) is 2.83. The van der Waals surface area contributed by atoms with E-state index in [9.17, 15) is 19.2 Å². The molecule has 8 heteroatoms. The van der Waals surface area contributed by atoms with Crippen LogP contribution >= 0.6 is 0 Å². The van der Waals surface area contributed by atoms with Gasteiger partial charge in [0.25, 0.3) is 11.8 Å². The fraction of sp³-hybridized carbons (Fsp3) is 0.360. The number of unbranched alkanes of at least 4 members (excludes halogenated alkanes) is 1. The normalized spacial score (nSPS) is 12.2. The number of carbonyl (C=O) groups excluding carboxylic acids is 4. The number of hydrogen-bond acceptors (Lipinski definition) is 6. The lowest BCUT2D eigenvalue weighted by Crippen LogP contribution is -2.58. The molecular weight excluding hydrogens is 424 g/mol. The van der Waals surface area contributed by atoms with Crippen LogP contribution in [0.5, 0.6) is 0 Å². The maximum absolute atomic E-state index is 12.9. The third-order valence-corrected chi connectivity index (χ3v) is 4.93. The lowest BCUT2D eigenvalue weighted by atomic mass is 9.92. The number of benzene rings is 2. The summed E-state index contributed by atoms with van der Waals surface area (Å²) in [7, 11) is 0. The third-order valence-electron chi connectivity index (χ3n) is 4.93. The zero-order valence-corrected chi connectivity index (χ0v) is 19.0. The van der Waals surface area contributed by atoms with E-state index in [2.05, 4.69) is 10.6 Å². The van der Waals surface area contributed by atoms with E-state index in [-0.39, 0.29) is 25.5 Å². The van der Waals surface area contributed by atoms with E-state index in [0.717, 1.165) is 0 Å². The zero-order valence-electron chi connectivity index (χ0n) is 19.0. The van der Waals surface area contributed by atoms with Gasteiger partial charge in [0.2, 0.25) is 0 Å². The summed E-state index contributed by atoms with van der Waals surface area (Å²) in [6.07, 6.45) is 1.17. The molecule has 0 saturated carbocycles. The van der Waals surface area contributed by atoms with Gasteiger partial charge in [-0.2, -0.15) is 0 Å². The van der Waals surface area contributed by atoms with E-state index in [1.165, 1.54) is 6.92 Å². The Morgan fingerprint density at radius 1 is 0.818 bits per heavy atom. The molecule has 0 aliphatic heterocycles. The van der Waals surface area contributed by atoms with Crippen LogP contribution in [0.25, 0.3) is 0 Å². The maximum atomic E-state index is 12.9. The molecule has 2 rings (SSSR count). The summed E-state index contributed by atoms with van der Waals surface area (Å²) >= 11 is 0. The second kappa shape index (κ2) is 13.0. The Balaban J connectivity index is 2.07. The quantitative estimate of drug-likeness (QED) is 0.377. The highest BCUT2D eigenvalue weighted by Gasteiger charge is 2.42. The molecule has 0 aliphatic rings. The van der Waals surface area contributed by atoms with Gasteiger partial charge in [0.05, 0.1) is 6.61 Å². The summed E-state index contributed by atoms with van der Waals surface area (Å²) in [5.74, 6) is -1.92. The van der Waals surface area contributed by atoms with Gasteiger partial charge < -0.3 is 20.1 Å². The minimum absolute atomic E-state index is 0.106. The Morgan fingerprint density at radius 3 is 1.94 bits per heavy atom. The van der Waals surface area contributed by atoms with Gasteiger partial charge >= 0.3 is 11.9 Å². The van der Waals surface area contributed by atoms with Crippen molar-refractivity contribution in [2.75, 3.05) is 19.8 Å². The van der Waals surface area contributed by atoms with Crippen LogP contribution in [0.15, 0.2) is 60.7 Å². The van der Waals surface area contributed by atoms with Gasteiger partial charge in [-0.15, -0.1) is 0 Å². The van der Waals surface area contributed by atoms with E-state index >= 15 is 0 Å². The lowest BCUT2D eigenvalue weighted by Gasteiger charge is -2.32. The molecule has 1 atom stereocenters. The van der Waals surface area contributed by atoms with E-state index in [4.69, 9.17) is 9.47 Å². The van der Waals surface area contributed by atoms with Crippen LogP contribution in [0, 0.1) is 0 Å². The van der Waals surface area contributed by atoms with Crippen molar-refractivity contribution >= 4 is 23.8 Å². The number of rotatable bonds is 12. The van der Waals surface area contributed by atoms with Crippen molar-refractivity contribution in [2.45, 2.75) is 38.6 Å². The minimum Gasteiger partial charge on any atom is -0.464 e. The molecule has 0 radical (unpaired) electrons. The van der Waals surface area contributed by atoms with Crippen molar-refractivity contribution < 1.29 is 28.7 Å². The number of ether oxygens (including phenoxy) is 2. The predicted molar refractivity (Wildman–Crippen MR) is 123 cm³/mol. The Kier molecular flexibility index (Phi) is 10.1. The molecular formula is C25H30N2O6. The van der Waals surface area contributed by atoms with Crippen molar-refractivity contribution in [1.29, 1.82) is 0 Å². The van der Waals surface area contributed by atoms with E-state index in [1.807, 2.05) is 6.07 Å². The number of nitrogens with one attached hydrogen (secondary N) is 2. The van der Waals surface area contributed by atoms with Crippen LogP contribution in [-0.4, -0.2) is 49.1 Å². The van der Waals surface area contributed by atoms with Gasteiger partial charge in [0, 0.05) is 24.6 Å². The standard InChI is InChI=1S/C25H30N2O6/c1-3-32-24(31)25(18-33-19(2)28,27-23(30)21-14-8-5-9-15-21)16-10-11-17-26-22(29)20-12-6-4-7-13-20/h4-9,12-15H,3,10-11,16-18H2,1-2H3,(H,26,29)(H,27,30)/t25-/m0/s1. The second-order valence-electron chi connectivity index (χ2n) is 7.48. The van der Waals surface area contributed by atoms with Crippen molar-refractivity contribution in [3.05, 3.63) is 71.8 Å². The monoisotopic (exact) mass is 454 g/mol. The number of amides is 2. The van der Waals surface area contributed by atoms with E-state index in [0.29, 0.717) is 30.5 Å². The number of esters is 2. The van der Waals surface area contributed by atoms with Gasteiger partial charge in [-0.25, -0.2) is 4.79 Å². The maximum Gasteiger partial charge on any atom is 0.335 e. The number of carbonyl (C=O) groups is 4. The van der Waals surface area contributed by atoms with E-state index < -0.39 is 23.4 Å². The van der Waals surface area contributed by atoms with Crippen LogP contribution in [0.1, 0.15) is 53.8 Å². The van der Waals surface area contributed by atoms with E-state index in [1.54, 1.807) is 61.5 Å². The molecule has 176 valence electrons. The van der Waals surface area contributed by atoms with Crippen molar-refractivity contribution in [3.8, 4) is 0 Å². The molecule has 2 aromatic rings. The second-order valence-corrected chi connectivity index (χ2v) is 7.48. The highest BCUT2D eigenvalue weighted by Crippen LogP contribution is 2.19. The first-order chi connectivity index (χ1) is 15.9. The largest absolute Gasteiger partial charge is 0.464 e. The van der Waals surface area contributed by atoms with Crippen molar-refractivity contribution in [2.24, 2.45) is 0 Å². The molecule has 0 aromatic heterocycles. The molecule has 33 heavy (non-hydrogen) atoms. The van der Waals surface area contributed by atoms with Crippen molar-refractivity contribution in [3.63, 3.8) is 0 Å². The molecule has 8 nitrogen and oxygen atoms in total. The predicted octanol–water partition coefficient (Wildman–Crippen LogP) is 2.88. The Morgan fingerprint density at radius 2 is 1.39 bits per heavy atom. The molecule has 0 aliphatic carbocycles. The van der Waals surface area contributed by atoms with Gasteiger partial charge in [0.15, 0.2) is 5.54 Å². The summed E-state index contributed by atoms with van der Waals surface area (Å²) in [5.41, 5.74) is -0.620. The molecule has 0 heterocycles. The molecule has 0 unspecified atom stereocenters. The molecule has 0 spiro atoms. The van der Waals surface area contributed by atoms with Crippen LogP contribution in [0.4, 0.5) is 0 Å². The highest BCUT2D eigenvalue weighted by atomic mass is 16.6. The summed E-state index contributed by atoms with van der Waals surface area (Å²) in [5, 5.41) is 5.56. The smallest absolute Gasteiger partial charge is 0.335 e. The Labute approximate surface area is 193 Å². The Bertz CT molecular complexity index is 932. The van der Waals surface area contributed by atoms with Gasteiger partial charge in [-0.1, -0.05) is 36.4 Å². The first-order valence-corrected chi connectivity index (χ1v) is 10.9. The highest BCUT2D eigenvalue weighted by molar-refractivity contribution is 5.98. The average molecular weight is 455 g/mol. The molecule has 0 bridgehead atoms. The van der Waals surface area contributed by atoms with Gasteiger partial charge in [0.1, 0.15) is 6.61 Å². The van der Waals surface area contributed by atoms with Crippen LogP contribution in [0.3, 0.4) is 0 Å². The number of hydrogen-bond donors (Lipinski definition) is 2. The molecule has 0 fully saturated rings. The van der Waals surface area contributed by atoms with Crippen LogP contribution < -0.4 is 10.6 Å². The molecule has 2 N–H and O–H groups in total. The lowest BCUT2D eigenvalue weighted by molar-refractivity contribution is -0.157. The Hall–Kier alpha value is -3.68. The molecule has 2 aromatic carbocycles. The fourth-order valence-corrected chi connectivity index (χ4v) is 3.20. The van der Waals surface area contributed by atoms with Crippen LogP contribution in [-0.2, 0) is 19.1 Å². The fourth-order valence-electron chi connectivity index (χ4n) is 3.20. The first-order valence-electron chi connectivity index (χ1n) is 10.9. The SMILES string of the molecule is CCOC(=O)[C@](CCCCNC(=O)c1ccccc1)(COC(C)=O)NC(=O)c1ccccc1.